The molecule has 1 aliphatic rings. The number of halogens is 1. The van der Waals surface area contributed by atoms with Crippen molar-refractivity contribution in [3.05, 3.63) is 22.4 Å². The Balaban J connectivity index is 0.00000288. The molecule has 0 aromatic carbocycles. The van der Waals surface area contributed by atoms with Crippen LogP contribution in [0.5, 0.6) is 0 Å². The van der Waals surface area contributed by atoms with Gasteiger partial charge < -0.3 is 10.2 Å². The minimum Gasteiger partial charge on any atom is -0.355 e. The molecular weight excluding hydrogens is 431 g/mol. The standard InChI is InChI=1S/C18H32N4S.HI/c1-6-22-11-7-9-15(22)13-21(5)17(19-4)20-14-18(2,3)16-10-8-12-23-16;/h8,10,12,15H,6-7,9,11,13-14H2,1-5H3,(H,19,20);1H. The van der Waals surface area contributed by atoms with Crippen LogP contribution >= 0.6 is 35.3 Å². The molecule has 1 aromatic heterocycles. The summed E-state index contributed by atoms with van der Waals surface area (Å²) in [5.74, 6) is 0.998. The number of nitrogens with zero attached hydrogens (tertiary/aromatic N) is 3. The highest BCUT2D eigenvalue weighted by molar-refractivity contribution is 14.0. The zero-order valence-electron chi connectivity index (χ0n) is 15.7. The number of aliphatic imine (C=N–C) groups is 1. The summed E-state index contributed by atoms with van der Waals surface area (Å²) in [6.07, 6.45) is 2.62. The molecule has 24 heavy (non-hydrogen) atoms. The zero-order chi connectivity index (χ0) is 16.9. The van der Waals surface area contributed by atoms with Crippen molar-refractivity contribution >= 4 is 41.3 Å². The van der Waals surface area contributed by atoms with Gasteiger partial charge >= 0.3 is 0 Å². The van der Waals surface area contributed by atoms with Crippen molar-refractivity contribution in [3.63, 3.8) is 0 Å². The van der Waals surface area contributed by atoms with Gasteiger partial charge in [0.25, 0.3) is 0 Å². The first-order valence-corrected chi connectivity index (χ1v) is 9.55. The van der Waals surface area contributed by atoms with E-state index in [0.29, 0.717) is 6.04 Å². The topological polar surface area (TPSA) is 30.9 Å². The summed E-state index contributed by atoms with van der Waals surface area (Å²) < 4.78 is 0. The Morgan fingerprint density at radius 1 is 1.50 bits per heavy atom. The van der Waals surface area contributed by atoms with E-state index in [1.807, 2.05) is 18.4 Å². The Morgan fingerprint density at radius 2 is 2.25 bits per heavy atom. The van der Waals surface area contributed by atoms with Crippen LogP contribution in [-0.2, 0) is 5.41 Å². The molecule has 1 N–H and O–H groups in total. The summed E-state index contributed by atoms with van der Waals surface area (Å²) >= 11 is 1.83. The first kappa shape index (κ1) is 21.7. The summed E-state index contributed by atoms with van der Waals surface area (Å²) in [6.45, 7) is 11.2. The van der Waals surface area contributed by atoms with E-state index in [4.69, 9.17) is 0 Å². The first-order chi connectivity index (χ1) is 11.0. The van der Waals surface area contributed by atoms with Gasteiger partial charge in [0.05, 0.1) is 0 Å². The molecule has 138 valence electrons. The second kappa shape index (κ2) is 9.97. The van der Waals surface area contributed by atoms with Crippen LogP contribution in [0.3, 0.4) is 0 Å². The van der Waals surface area contributed by atoms with Crippen LogP contribution in [0.4, 0.5) is 0 Å². The van der Waals surface area contributed by atoms with Crippen LogP contribution in [-0.4, -0.2) is 62.1 Å². The van der Waals surface area contributed by atoms with E-state index < -0.39 is 0 Å². The average molecular weight is 464 g/mol. The molecule has 6 heteroatoms. The first-order valence-electron chi connectivity index (χ1n) is 8.67. The Hall–Kier alpha value is -0.340. The van der Waals surface area contributed by atoms with Crippen molar-refractivity contribution in [2.24, 2.45) is 4.99 Å². The highest BCUT2D eigenvalue weighted by atomic mass is 127. The lowest BCUT2D eigenvalue weighted by atomic mass is 9.91. The third kappa shape index (κ3) is 5.59. The van der Waals surface area contributed by atoms with Crippen molar-refractivity contribution in [3.8, 4) is 0 Å². The molecule has 2 heterocycles. The van der Waals surface area contributed by atoms with Crippen LogP contribution in [0, 0.1) is 0 Å². The SMILES string of the molecule is CCN1CCCC1CN(C)C(=NC)NCC(C)(C)c1cccs1.I. The van der Waals surface area contributed by atoms with Crippen molar-refractivity contribution in [2.45, 2.75) is 45.1 Å². The highest BCUT2D eigenvalue weighted by Crippen LogP contribution is 2.26. The fourth-order valence-electron chi connectivity index (χ4n) is 3.36. The lowest BCUT2D eigenvalue weighted by Gasteiger charge is -2.31. The van der Waals surface area contributed by atoms with Crippen molar-refractivity contribution in [1.82, 2.24) is 15.1 Å². The van der Waals surface area contributed by atoms with Crippen LogP contribution in [0.2, 0.25) is 0 Å². The van der Waals surface area contributed by atoms with Crippen molar-refractivity contribution < 1.29 is 0 Å². The molecule has 2 rings (SSSR count). The molecule has 0 amide bonds. The third-order valence-electron chi connectivity index (χ3n) is 4.84. The summed E-state index contributed by atoms with van der Waals surface area (Å²) in [4.78, 5) is 10.8. The smallest absolute Gasteiger partial charge is 0.193 e. The van der Waals surface area contributed by atoms with E-state index in [2.05, 4.69) is 65.4 Å². The molecule has 1 fully saturated rings. The second-order valence-corrected chi connectivity index (χ2v) is 8.01. The summed E-state index contributed by atoms with van der Waals surface area (Å²) in [5, 5.41) is 5.72. The molecule has 1 aliphatic heterocycles. The Kier molecular flexibility index (Phi) is 9.01. The number of likely N-dealkylation sites (N-methyl/N-ethyl adjacent to an activating group) is 2. The average Bonchev–Trinajstić information content (AvgIpc) is 3.19. The second-order valence-electron chi connectivity index (χ2n) is 7.07. The van der Waals surface area contributed by atoms with Gasteiger partial charge in [-0.25, -0.2) is 0 Å². The minimum absolute atomic E-state index is 0. The van der Waals surface area contributed by atoms with Crippen molar-refractivity contribution in [1.29, 1.82) is 0 Å². The number of hydrogen-bond donors (Lipinski definition) is 1. The molecule has 0 bridgehead atoms. The molecule has 0 saturated carbocycles. The number of nitrogens with one attached hydrogen (secondary N) is 1. The van der Waals surface area contributed by atoms with Gasteiger partial charge in [-0.05, 0) is 37.4 Å². The molecule has 0 radical (unpaired) electrons. The molecule has 0 aliphatic carbocycles. The van der Waals surface area contributed by atoms with Gasteiger partial charge in [0.2, 0.25) is 0 Å². The minimum atomic E-state index is 0. The van der Waals surface area contributed by atoms with E-state index in [1.165, 1.54) is 24.3 Å². The molecule has 1 saturated heterocycles. The van der Waals surface area contributed by atoms with Gasteiger partial charge in [0.15, 0.2) is 5.96 Å². The Morgan fingerprint density at radius 3 is 2.83 bits per heavy atom. The quantitative estimate of drug-likeness (QED) is 0.396. The number of thiophene rings is 1. The van der Waals surface area contributed by atoms with Crippen molar-refractivity contribution in [2.75, 3.05) is 40.3 Å². The van der Waals surface area contributed by atoms with Crippen LogP contribution < -0.4 is 5.32 Å². The van der Waals surface area contributed by atoms with Gasteiger partial charge in [-0.3, -0.25) is 9.89 Å². The maximum Gasteiger partial charge on any atom is 0.193 e. The highest BCUT2D eigenvalue weighted by Gasteiger charge is 2.26. The maximum atomic E-state index is 4.48. The number of hydrogen-bond acceptors (Lipinski definition) is 3. The molecule has 1 aromatic rings. The third-order valence-corrected chi connectivity index (χ3v) is 6.08. The molecular formula is C18H33IN4S. The Bertz CT molecular complexity index is 501. The summed E-state index contributed by atoms with van der Waals surface area (Å²) in [6, 6.07) is 5.01. The number of rotatable bonds is 6. The fraction of sp³-hybridized carbons (Fsp3) is 0.722. The van der Waals surface area contributed by atoms with Crippen LogP contribution in [0.25, 0.3) is 0 Å². The van der Waals surface area contributed by atoms with Gasteiger partial charge in [-0.1, -0.05) is 26.8 Å². The predicted octanol–water partition coefficient (Wildman–Crippen LogP) is 3.64. The fourth-order valence-corrected chi connectivity index (χ4v) is 4.21. The van der Waals surface area contributed by atoms with E-state index in [9.17, 15) is 0 Å². The normalized spacial score (nSPS) is 19.2. The lowest BCUT2D eigenvalue weighted by Crippen LogP contribution is -2.48. The van der Waals surface area contributed by atoms with E-state index in [0.717, 1.165) is 25.6 Å². The number of likely N-dealkylation sites (tertiary alicyclic amines) is 1. The van der Waals surface area contributed by atoms with Gasteiger partial charge in [0.1, 0.15) is 0 Å². The van der Waals surface area contributed by atoms with Gasteiger partial charge in [-0.2, -0.15) is 0 Å². The van der Waals surface area contributed by atoms with E-state index in [1.54, 1.807) is 0 Å². The van der Waals surface area contributed by atoms with Crippen LogP contribution in [0.1, 0.15) is 38.5 Å². The van der Waals surface area contributed by atoms with Gasteiger partial charge in [-0.15, -0.1) is 35.3 Å². The Labute approximate surface area is 168 Å². The molecule has 1 atom stereocenters. The zero-order valence-corrected chi connectivity index (χ0v) is 18.9. The van der Waals surface area contributed by atoms with E-state index >= 15 is 0 Å². The molecule has 1 unspecified atom stereocenters. The maximum absolute atomic E-state index is 4.48. The lowest BCUT2D eigenvalue weighted by molar-refractivity contribution is 0.232. The van der Waals surface area contributed by atoms with Crippen LogP contribution in [0.15, 0.2) is 22.5 Å². The largest absolute Gasteiger partial charge is 0.355 e. The molecule has 0 spiro atoms. The van der Waals surface area contributed by atoms with E-state index in [-0.39, 0.29) is 29.4 Å². The predicted molar refractivity (Wildman–Crippen MR) is 117 cm³/mol. The molecule has 4 nitrogen and oxygen atoms in total. The van der Waals surface area contributed by atoms with Gasteiger partial charge in [0, 0.05) is 43.5 Å². The summed E-state index contributed by atoms with van der Waals surface area (Å²) in [5.41, 5.74) is 0.119. The monoisotopic (exact) mass is 464 g/mol. The summed E-state index contributed by atoms with van der Waals surface area (Å²) in [7, 11) is 4.03. The number of guanidine groups is 1.